The van der Waals surface area contributed by atoms with Crippen LogP contribution in [0.25, 0.3) is 0 Å². The molecule has 0 spiro atoms. The van der Waals surface area contributed by atoms with E-state index in [0.717, 1.165) is 11.1 Å². The van der Waals surface area contributed by atoms with Crippen LogP contribution in [-0.2, 0) is 0 Å². The minimum Gasteiger partial charge on any atom is -0.320 e. The topological polar surface area (TPSA) is 65.8 Å². The lowest BCUT2D eigenvalue weighted by atomic mass is 10.2. The summed E-state index contributed by atoms with van der Waals surface area (Å²) in [6.07, 6.45) is 1.46. The summed E-state index contributed by atoms with van der Waals surface area (Å²) in [5, 5.41) is 12.2. The molecule has 90 valence electrons. The third kappa shape index (κ3) is 2.52. The van der Waals surface area contributed by atoms with E-state index in [9.17, 15) is 9.18 Å². The normalized spacial score (nSPS) is 9.83. The minimum absolute atomic E-state index is 0.0876. The summed E-state index contributed by atoms with van der Waals surface area (Å²) in [4.78, 5) is 16.3. The molecule has 0 fully saturated rings. The van der Waals surface area contributed by atoms with E-state index >= 15 is 0 Å². The minimum atomic E-state index is -0.516. The van der Waals surface area contributed by atoms with Gasteiger partial charge in [0, 0.05) is 0 Å². The van der Waals surface area contributed by atoms with Crippen LogP contribution in [0.2, 0.25) is 0 Å². The van der Waals surface area contributed by atoms with E-state index in [-0.39, 0.29) is 17.2 Å². The number of nitrogens with one attached hydrogen (secondary N) is 1. The van der Waals surface area contributed by atoms with Crippen LogP contribution >= 0.6 is 11.3 Å². The summed E-state index contributed by atoms with van der Waals surface area (Å²) in [5.41, 5.74) is 0.375. The highest BCUT2D eigenvalue weighted by molar-refractivity contribution is 7.13. The summed E-state index contributed by atoms with van der Waals surface area (Å²) in [6, 6.07) is 5.46. The van der Waals surface area contributed by atoms with Gasteiger partial charge >= 0.3 is 0 Å². The van der Waals surface area contributed by atoms with Crippen molar-refractivity contribution in [2.75, 3.05) is 5.32 Å². The summed E-state index contributed by atoms with van der Waals surface area (Å²) in [7, 11) is 0. The Morgan fingerprint density at radius 3 is 2.94 bits per heavy atom. The maximum Gasteiger partial charge on any atom is 0.267 e. The number of nitriles is 1. The number of halogens is 1. The average molecular weight is 261 g/mol. The number of carbonyl (C=O) groups is 1. The molecule has 0 bridgehead atoms. The first-order valence-electron chi connectivity index (χ1n) is 5.03. The summed E-state index contributed by atoms with van der Waals surface area (Å²) >= 11 is 1.25. The van der Waals surface area contributed by atoms with Crippen molar-refractivity contribution in [1.29, 1.82) is 5.26 Å². The van der Waals surface area contributed by atoms with Gasteiger partial charge < -0.3 is 5.32 Å². The molecule has 4 nitrogen and oxygen atoms in total. The third-order valence-corrected chi connectivity index (χ3v) is 3.11. The van der Waals surface area contributed by atoms with Crippen molar-refractivity contribution < 1.29 is 9.18 Å². The number of thiazole rings is 1. The first kappa shape index (κ1) is 12.2. The largest absolute Gasteiger partial charge is 0.320 e. The van der Waals surface area contributed by atoms with Gasteiger partial charge in [-0.05, 0) is 25.1 Å². The van der Waals surface area contributed by atoms with E-state index in [1.807, 2.05) is 6.07 Å². The van der Waals surface area contributed by atoms with E-state index in [1.54, 1.807) is 6.92 Å². The summed E-state index contributed by atoms with van der Waals surface area (Å²) in [5.74, 6) is -0.873. The maximum atomic E-state index is 12.9. The number of benzene rings is 1. The van der Waals surface area contributed by atoms with Crippen LogP contribution in [0.4, 0.5) is 10.1 Å². The molecule has 0 aliphatic carbocycles. The quantitative estimate of drug-likeness (QED) is 0.903. The van der Waals surface area contributed by atoms with Crippen LogP contribution in [0, 0.1) is 24.1 Å². The molecule has 0 aliphatic rings. The molecule has 2 rings (SSSR count). The van der Waals surface area contributed by atoms with Gasteiger partial charge in [0.25, 0.3) is 5.91 Å². The number of hydrogen-bond acceptors (Lipinski definition) is 4. The van der Waals surface area contributed by atoms with Gasteiger partial charge in [0.2, 0.25) is 0 Å². The SMILES string of the molecule is Cc1ncc(C(=O)Nc2ccc(F)cc2C#N)s1. The zero-order chi connectivity index (χ0) is 13.1. The van der Waals surface area contributed by atoms with Crippen molar-refractivity contribution in [2.45, 2.75) is 6.92 Å². The van der Waals surface area contributed by atoms with Gasteiger partial charge in [-0.15, -0.1) is 11.3 Å². The average Bonchev–Trinajstić information content (AvgIpc) is 2.78. The molecular weight excluding hydrogens is 253 g/mol. The second-order valence-corrected chi connectivity index (χ2v) is 4.73. The van der Waals surface area contributed by atoms with Crippen molar-refractivity contribution in [2.24, 2.45) is 0 Å². The predicted molar refractivity (Wildman–Crippen MR) is 65.9 cm³/mol. The standard InChI is InChI=1S/C12H8FN3OS/c1-7-15-6-11(18-7)12(17)16-10-3-2-9(13)4-8(10)5-14/h2-4,6H,1H3,(H,16,17). The number of carbonyl (C=O) groups excluding carboxylic acids is 1. The molecule has 0 aliphatic heterocycles. The maximum absolute atomic E-state index is 12.9. The van der Waals surface area contributed by atoms with Crippen LogP contribution < -0.4 is 5.32 Å². The first-order valence-corrected chi connectivity index (χ1v) is 5.85. The lowest BCUT2D eigenvalue weighted by Gasteiger charge is -2.05. The van der Waals surface area contributed by atoms with Crippen LogP contribution in [0.1, 0.15) is 20.2 Å². The third-order valence-electron chi connectivity index (χ3n) is 2.20. The first-order chi connectivity index (χ1) is 8.60. The Morgan fingerprint density at radius 2 is 2.33 bits per heavy atom. The van der Waals surface area contributed by atoms with Crippen LogP contribution in [0.15, 0.2) is 24.4 Å². The molecule has 0 atom stereocenters. The number of amides is 1. The molecular formula is C12H8FN3OS. The number of rotatable bonds is 2. The van der Waals surface area contributed by atoms with Gasteiger partial charge in [-0.3, -0.25) is 4.79 Å². The van der Waals surface area contributed by atoms with Gasteiger partial charge in [0.1, 0.15) is 16.8 Å². The number of hydrogen-bond donors (Lipinski definition) is 1. The molecule has 1 aromatic heterocycles. The lowest BCUT2D eigenvalue weighted by molar-refractivity contribution is 0.103. The summed E-state index contributed by atoms with van der Waals surface area (Å²) in [6.45, 7) is 1.79. The van der Waals surface area contributed by atoms with Gasteiger partial charge in [-0.2, -0.15) is 5.26 Å². The highest BCUT2D eigenvalue weighted by atomic mass is 32.1. The van der Waals surface area contributed by atoms with Gasteiger partial charge in [0.15, 0.2) is 0 Å². The van der Waals surface area contributed by atoms with Gasteiger partial charge in [-0.1, -0.05) is 0 Å². The van der Waals surface area contributed by atoms with E-state index < -0.39 is 5.82 Å². The molecule has 0 saturated heterocycles. The molecule has 1 N–H and O–H groups in total. The smallest absolute Gasteiger partial charge is 0.267 e. The fourth-order valence-corrected chi connectivity index (χ4v) is 2.04. The van der Waals surface area contributed by atoms with Crippen LogP contribution in [-0.4, -0.2) is 10.9 Å². The lowest BCUT2D eigenvalue weighted by Crippen LogP contribution is -2.11. The molecule has 6 heteroatoms. The molecule has 1 heterocycles. The Kier molecular flexibility index (Phi) is 3.35. The molecule has 0 radical (unpaired) electrons. The van der Waals surface area contributed by atoms with Crippen LogP contribution in [0.5, 0.6) is 0 Å². The summed E-state index contributed by atoms with van der Waals surface area (Å²) < 4.78 is 12.9. The Bertz CT molecular complexity index is 645. The Balaban J connectivity index is 2.25. The van der Waals surface area contributed by atoms with E-state index in [4.69, 9.17) is 5.26 Å². The molecule has 0 saturated carbocycles. The Hall–Kier alpha value is -2.26. The zero-order valence-corrected chi connectivity index (χ0v) is 10.2. The molecule has 0 unspecified atom stereocenters. The van der Waals surface area contributed by atoms with E-state index in [2.05, 4.69) is 10.3 Å². The molecule has 18 heavy (non-hydrogen) atoms. The highest BCUT2D eigenvalue weighted by Crippen LogP contribution is 2.19. The monoisotopic (exact) mass is 261 g/mol. The van der Waals surface area contributed by atoms with Crippen LogP contribution in [0.3, 0.4) is 0 Å². The van der Waals surface area contributed by atoms with E-state index in [1.165, 1.54) is 29.7 Å². The van der Waals surface area contributed by atoms with Crippen molar-refractivity contribution in [1.82, 2.24) is 4.98 Å². The molecule has 1 aromatic carbocycles. The van der Waals surface area contributed by atoms with Crippen molar-refractivity contribution in [3.8, 4) is 6.07 Å². The zero-order valence-electron chi connectivity index (χ0n) is 9.40. The fourth-order valence-electron chi connectivity index (χ4n) is 1.37. The van der Waals surface area contributed by atoms with Gasteiger partial charge in [0.05, 0.1) is 22.5 Å². The van der Waals surface area contributed by atoms with Gasteiger partial charge in [-0.25, -0.2) is 9.37 Å². The predicted octanol–water partition coefficient (Wildman–Crippen LogP) is 2.71. The van der Waals surface area contributed by atoms with E-state index in [0.29, 0.717) is 4.88 Å². The number of aromatic nitrogens is 1. The second-order valence-electron chi connectivity index (χ2n) is 3.50. The number of nitrogens with zero attached hydrogens (tertiary/aromatic N) is 2. The van der Waals surface area contributed by atoms with Crippen molar-refractivity contribution >= 4 is 22.9 Å². The molecule has 1 amide bonds. The Morgan fingerprint density at radius 1 is 1.56 bits per heavy atom. The number of anilines is 1. The fraction of sp³-hybridized carbons (Fsp3) is 0.0833. The molecule has 2 aromatic rings. The highest BCUT2D eigenvalue weighted by Gasteiger charge is 2.12. The number of aryl methyl sites for hydroxylation is 1. The Labute approximate surface area is 107 Å². The van der Waals surface area contributed by atoms with Crippen molar-refractivity contribution in [3.05, 3.63) is 45.7 Å². The second kappa shape index (κ2) is 4.94. The van der Waals surface area contributed by atoms with Crippen molar-refractivity contribution in [3.63, 3.8) is 0 Å².